The third kappa shape index (κ3) is 5.95. The summed E-state index contributed by atoms with van der Waals surface area (Å²) in [5.74, 6) is 0.115. The third-order valence-corrected chi connectivity index (χ3v) is 7.18. The highest BCUT2D eigenvalue weighted by molar-refractivity contribution is 6.01. The van der Waals surface area contributed by atoms with E-state index in [0.717, 1.165) is 11.1 Å². The molecule has 8 nitrogen and oxygen atoms in total. The lowest BCUT2D eigenvalue weighted by Crippen LogP contribution is -2.50. The minimum atomic E-state index is -0.661. The predicted octanol–water partition coefficient (Wildman–Crippen LogP) is 5.55. The van der Waals surface area contributed by atoms with Crippen LogP contribution in [0.25, 0.3) is 5.57 Å². The number of amides is 2. The first-order valence-electron chi connectivity index (χ1n) is 13.5. The van der Waals surface area contributed by atoms with Gasteiger partial charge in [0.15, 0.2) is 0 Å². The summed E-state index contributed by atoms with van der Waals surface area (Å²) in [7, 11) is 1.36. The predicted molar refractivity (Wildman–Crippen MR) is 149 cm³/mol. The fourth-order valence-electron chi connectivity index (χ4n) is 5.11. The van der Waals surface area contributed by atoms with Crippen LogP contribution in [0.5, 0.6) is 5.75 Å². The number of fused-ring (bicyclic) bond motifs is 1. The van der Waals surface area contributed by atoms with Crippen LogP contribution in [0.4, 0.5) is 4.79 Å². The second-order valence-electron chi connectivity index (χ2n) is 10.9. The molecule has 2 aromatic rings. The zero-order valence-corrected chi connectivity index (χ0v) is 23.7. The van der Waals surface area contributed by atoms with Crippen LogP contribution in [0.1, 0.15) is 79.3 Å². The minimum absolute atomic E-state index is 0.0193. The average molecular weight is 535 g/mol. The highest BCUT2D eigenvalue weighted by Crippen LogP contribution is 2.45. The summed E-state index contributed by atoms with van der Waals surface area (Å²) < 4.78 is 17.2. The van der Waals surface area contributed by atoms with Gasteiger partial charge in [-0.15, -0.1) is 0 Å². The van der Waals surface area contributed by atoms with Crippen LogP contribution in [-0.4, -0.2) is 72.3 Å². The molecule has 1 saturated heterocycles. The van der Waals surface area contributed by atoms with Gasteiger partial charge in [-0.25, -0.2) is 9.59 Å². The molecule has 2 aliphatic heterocycles. The molecule has 0 radical (unpaired) electrons. The number of carbonyl (C=O) groups excluding carboxylic acids is 3. The molecule has 1 fully saturated rings. The molecule has 0 atom stereocenters. The van der Waals surface area contributed by atoms with Gasteiger partial charge in [-0.2, -0.15) is 0 Å². The van der Waals surface area contributed by atoms with Gasteiger partial charge in [0.25, 0.3) is 5.91 Å². The summed E-state index contributed by atoms with van der Waals surface area (Å²) in [5.41, 5.74) is 2.15. The van der Waals surface area contributed by atoms with Gasteiger partial charge < -0.3 is 24.0 Å². The van der Waals surface area contributed by atoms with Crippen LogP contribution in [-0.2, 0) is 9.47 Å². The van der Waals surface area contributed by atoms with E-state index in [2.05, 4.69) is 6.08 Å². The van der Waals surface area contributed by atoms with E-state index < -0.39 is 17.2 Å². The SMILES string of the molecule is CCN(CC)C(=O)c1ccc(C2=CC3(CCN(C(=O)OC(C)(C)C)CC3)Oc3cccc(C(=O)OC)c32)cc1. The molecule has 2 heterocycles. The molecule has 2 amide bonds. The molecular formula is C31H38N2O6. The second kappa shape index (κ2) is 11.1. The van der Waals surface area contributed by atoms with Crippen LogP contribution >= 0.6 is 0 Å². The normalized spacial score (nSPS) is 16.1. The van der Waals surface area contributed by atoms with Gasteiger partial charge in [0.1, 0.15) is 17.0 Å². The van der Waals surface area contributed by atoms with Gasteiger partial charge >= 0.3 is 12.1 Å². The van der Waals surface area contributed by atoms with Crippen molar-refractivity contribution in [3.63, 3.8) is 0 Å². The molecule has 8 heteroatoms. The van der Waals surface area contributed by atoms with Crippen LogP contribution in [0.3, 0.4) is 0 Å². The molecule has 0 aromatic heterocycles. The highest BCUT2D eigenvalue weighted by atomic mass is 16.6. The number of ether oxygens (including phenoxy) is 3. The van der Waals surface area contributed by atoms with Crippen molar-refractivity contribution in [1.29, 1.82) is 0 Å². The number of likely N-dealkylation sites (tertiary alicyclic amines) is 1. The third-order valence-electron chi connectivity index (χ3n) is 7.18. The molecule has 0 aliphatic carbocycles. The van der Waals surface area contributed by atoms with Gasteiger partial charge in [-0.1, -0.05) is 18.2 Å². The molecule has 0 unspecified atom stereocenters. The van der Waals surface area contributed by atoms with Gasteiger partial charge in [0, 0.05) is 50.1 Å². The standard InChI is InChI=1S/C31H38N2O6/c1-7-32(8-2)27(34)22-14-12-21(13-15-22)24-20-31(16-18-33(19-17-31)29(36)39-30(3,4)5)38-25-11-9-10-23(26(24)25)28(35)37-6/h9-15,20H,7-8,16-19H2,1-6H3. The first-order valence-corrected chi connectivity index (χ1v) is 13.5. The number of nitrogens with zero attached hydrogens (tertiary/aromatic N) is 2. The fraction of sp³-hybridized carbons (Fsp3) is 0.452. The van der Waals surface area contributed by atoms with Gasteiger partial charge in [0.2, 0.25) is 0 Å². The van der Waals surface area contributed by atoms with Crippen LogP contribution in [0.15, 0.2) is 48.5 Å². The Bertz CT molecular complexity index is 1260. The Balaban J connectivity index is 1.71. The summed E-state index contributed by atoms with van der Waals surface area (Å²) in [4.78, 5) is 41.8. The monoisotopic (exact) mass is 534 g/mol. The summed E-state index contributed by atoms with van der Waals surface area (Å²) in [6.45, 7) is 11.7. The number of piperidine rings is 1. The lowest BCUT2D eigenvalue weighted by Gasteiger charge is -2.43. The Morgan fingerprint density at radius 1 is 1.00 bits per heavy atom. The van der Waals surface area contributed by atoms with Crippen molar-refractivity contribution in [1.82, 2.24) is 9.80 Å². The van der Waals surface area contributed by atoms with Crippen molar-refractivity contribution in [2.45, 2.75) is 58.7 Å². The molecule has 208 valence electrons. The zero-order valence-electron chi connectivity index (χ0n) is 23.7. The molecule has 0 saturated carbocycles. The van der Waals surface area contributed by atoms with E-state index in [1.54, 1.807) is 21.9 Å². The molecule has 0 bridgehead atoms. The number of methoxy groups -OCH3 is 1. The van der Waals surface area contributed by atoms with Crippen molar-refractivity contribution < 1.29 is 28.6 Å². The largest absolute Gasteiger partial charge is 0.482 e. The maximum Gasteiger partial charge on any atom is 0.410 e. The minimum Gasteiger partial charge on any atom is -0.482 e. The Labute approximate surface area is 230 Å². The maximum atomic E-state index is 12.9. The number of benzene rings is 2. The first kappa shape index (κ1) is 28.2. The van der Waals surface area contributed by atoms with Crippen LogP contribution in [0, 0.1) is 0 Å². The Kier molecular flexibility index (Phi) is 8.04. The summed E-state index contributed by atoms with van der Waals surface area (Å²) >= 11 is 0. The van der Waals surface area contributed by atoms with E-state index in [1.807, 2.05) is 65.0 Å². The van der Waals surface area contributed by atoms with Gasteiger partial charge in [0.05, 0.1) is 12.7 Å². The smallest absolute Gasteiger partial charge is 0.410 e. The molecule has 2 aromatic carbocycles. The van der Waals surface area contributed by atoms with Crippen molar-refractivity contribution in [3.05, 3.63) is 70.8 Å². The van der Waals surface area contributed by atoms with Crippen molar-refractivity contribution in [2.24, 2.45) is 0 Å². The number of hydrogen-bond acceptors (Lipinski definition) is 6. The maximum absolute atomic E-state index is 12.9. The number of esters is 1. The number of carbonyl (C=O) groups is 3. The van der Waals surface area contributed by atoms with Crippen LogP contribution in [0.2, 0.25) is 0 Å². The number of hydrogen-bond donors (Lipinski definition) is 0. The summed E-state index contributed by atoms with van der Waals surface area (Å²) in [5, 5.41) is 0. The van der Waals surface area contributed by atoms with Gasteiger partial charge in [-0.3, -0.25) is 4.79 Å². The highest BCUT2D eigenvalue weighted by Gasteiger charge is 2.42. The Morgan fingerprint density at radius 3 is 2.21 bits per heavy atom. The average Bonchev–Trinajstić information content (AvgIpc) is 2.92. The molecule has 0 N–H and O–H groups in total. The van der Waals surface area contributed by atoms with E-state index in [9.17, 15) is 14.4 Å². The van der Waals surface area contributed by atoms with Crippen molar-refractivity contribution in [3.8, 4) is 5.75 Å². The quantitative estimate of drug-likeness (QED) is 0.468. The zero-order chi connectivity index (χ0) is 28.4. The Hall–Kier alpha value is -3.81. The van der Waals surface area contributed by atoms with Crippen molar-refractivity contribution in [2.75, 3.05) is 33.3 Å². The van der Waals surface area contributed by atoms with E-state index >= 15 is 0 Å². The topological polar surface area (TPSA) is 85.4 Å². The molecule has 1 spiro atoms. The lowest BCUT2D eigenvalue weighted by molar-refractivity contribution is -0.00128. The molecule has 4 rings (SSSR count). The van der Waals surface area contributed by atoms with E-state index in [-0.39, 0.29) is 12.0 Å². The van der Waals surface area contributed by atoms with Crippen LogP contribution < -0.4 is 4.74 Å². The number of rotatable bonds is 5. The van der Waals surface area contributed by atoms with E-state index in [1.165, 1.54) is 7.11 Å². The van der Waals surface area contributed by atoms with Crippen molar-refractivity contribution >= 4 is 23.5 Å². The molecule has 39 heavy (non-hydrogen) atoms. The second-order valence-corrected chi connectivity index (χ2v) is 10.9. The van der Waals surface area contributed by atoms with E-state index in [0.29, 0.717) is 61.5 Å². The fourth-order valence-corrected chi connectivity index (χ4v) is 5.11. The lowest BCUT2D eigenvalue weighted by atomic mass is 9.81. The summed E-state index contributed by atoms with van der Waals surface area (Å²) in [6, 6.07) is 12.8. The molecular weight excluding hydrogens is 496 g/mol. The van der Waals surface area contributed by atoms with E-state index in [4.69, 9.17) is 14.2 Å². The first-order chi connectivity index (χ1) is 18.5. The Morgan fingerprint density at radius 2 is 1.64 bits per heavy atom. The molecule has 2 aliphatic rings. The summed E-state index contributed by atoms with van der Waals surface area (Å²) in [6.07, 6.45) is 2.86. The van der Waals surface area contributed by atoms with Gasteiger partial charge in [-0.05, 0) is 76.1 Å².